The zero-order chi connectivity index (χ0) is 49.1. The van der Waals surface area contributed by atoms with Crippen molar-refractivity contribution in [2.75, 3.05) is 31.7 Å². The third-order valence-corrected chi connectivity index (χ3v) is 15.7. The lowest BCUT2D eigenvalue weighted by atomic mass is 9.65. The average molecular weight is 1070 g/mol. The van der Waals surface area contributed by atoms with Crippen LogP contribution in [0.3, 0.4) is 0 Å². The zero-order valence-electron chi connectivity index (χ0n) is 38.3. The molecule has 3 amide bonds. The fourth-order valence-electron chi connectivity index (χ4n) is 12.2. The number of fused-ring (bicyclic) bond motifs is 5. The Bertz CT molecular complexity index is 2940. The molecule has 16 heteroatoms. The van der Waals surface area contributed by atoms with E-state index in [1.54, 1.807) is 40.1 Å². The van der Waals surface area contributed by atoms with Gasteiger partial charge in [-0.3, -0.25) is 33.7 Å². The number of carbonyl (C=O) groups is 6. The number of carbonyl (C=O) groups excluding carboxylic acids is 6. The van der Waals surface area contributed by atoms with Gasteiger partial charge in [0.25, 0.3) is 0 Å². The Morgan fingerprint density at radius 2 is 1.46 bits per heavy atom. The maximum absolute atomic E-state index is 15.2. The fourth-order valence-corrected chi connectivity index (χ4v) is 12.7. The minimum absolute atomic E-state index is 0.0316. The van der Waals surface area contributed by atoms with E-state index < -0.39 is 83.4 Å². The molecule has 5 fully saturated rings. The third kappa shape index (κ3) is 7.64. The van der Waals surface area contributed by atoms with Crippen LogP contribution in [0.1, 0.15) is 71.3 Å². The van der Waals surface area contributed by atoms with Gasteiger partial charge < -0.3 is 39.2 Å². The largest absolute Gasteiger partial charge is 0.508 e. The maximum atomic E-state index is 15.2. The van der Waals surface area contributed by atoms with Gasteiger partial charge in [-0.15, -0.1) is 0 Å². The molecule has 10 atom stereocenters. The van der Waals surface area contributed by atoms with Gasteiger partial charge in [-0.2, -0.15) is 0 Å². The van der Waals surface area contributed by atoms with Crippen LogP contribution in [0.4, 0.5) is 5.69 Å². The van der Waals surface area contributed by atoms with Crippen molar-refractivity contribution in [1.82, 2.24) is 14.7 Å². The molecule has 6 aliphatic heterocycles. The second kappa shape index (κ2) is 18.6. The summed E-state index contributed by atoms with van der Waals surface area (Å²) in [6.07, 6.45) is 2.01. The lowest BCUT2D eigenvalue weighted by Crippen LogP contribution is -2.60. The van der Waals surface area contributed by atoms with Gasteiger partial charge in [-0.1, -0.05) is 97.6 Å². The van der Waals surface area contributed by atoms with Gasteiger partial charge in [0.15, 0.2) is 0 Å². The minimum Gasteiger partial charge on any atom is -0.508 e. The molecule has 5 aromatic carbocycles. The van der Waals surface area contributed by atoms with Gasteiger partial charge in [0, 0.05) is 15.8 Å². The maximum Gasteiger partial charge on any atom is 0.325 e. The number of amides is 3. The number of ether oxygens (including phenoxy) is 4. The number of cyclic esters (lactones) is 1. The first kappa shape index (κ1) is 46.3. The summed E-state index contributed by atoms with van der Waals surface area (Å²) in [6, 6.07) is 33.0. The van der Waals surface area contributed by atoms with Gasteiger partial charge in [0.2, 0.25) is 17.7 Å². The van der Waals surface area contributed by atoms with Crippen molar-refractivity contribution >= 4 is 63.9 Å². The molecule has 6 heterocycles. The molecule has 0 bridgehead atoms. The van der Waals surface area contributed by atoms with Crippen LogP contribution in [-0.4, -0.2) is 99.9 Å². The number of rotatable bonds is 12. The van der Waals surface area contributed by atoms with Gasteiger partial charge >= 0.3 is 17.9 Å². The number of nitrogens with one attached hydrogen (secondary N) is 1. The molecule has 71 heavy (non-hydrogen) atoms. The highest BCUT2D eigenvalue weighted by Crippen LogP contribution is 2.65. The van der Waals surface area contributed by atoms with Crippen LogP contribution in [-0.2, 0) is 48.4 Å². The Morgan fingerprint density at radius 1 is 0.775 bits per heavy atom. The number of esters is 3. The van der Waals surface area contributed by atoms with E-state index >= 15 is 4.79 Å². The first-order chi connectivity index (χ1) is 34.5. The minimum atomic E-state index is -1.70. The van der Waals surface area contributed by atoms with Crippen LogP contribution in [0, 0.1) is 15.4 Å². The van der Waals surface area contributed by atoms with Crippen molar-refractivity contribution in [1.29, 1.82) is 0 Å². The van der Waals surface area contributed by atoms with E-state index in [1.165, 1.54) is 18.2 Å². The van der Waals surface area contributed by atoms with Crippen LogP contribution in [0.5, 0.6) is 11.5 Å². The summed E-state index contributed by atoms with van der Waals surface area (Å²) < 4.78 is 25.1. The number of morpholine rings is 1. The number of nitrogens with zero attached hydrogens (tertiary/aromatic N) is 3. The highest BCUT2D eigenvalue weighted by molar-refractivity contribution is 14.1. The van der Waals surface area contributed by atoms with Crippen molar-refractivity contribution in [3.05, 3.63) is 171 Å². The van der Waals surface area contributed by atoms with E-state index in [9.17, 15) is 29.1 Å². The molecule has 6 aliphatic rings. The predicted octanol–water partition coefficient (Wildman–Crippen LogP) is 6.88. The van der Waals surface area contributed by atoms with E-state index in [-0.39, 0.29) is 43.8 Å². The standard InChI is InChI=1S/C55H49IN4O11/c1-2-26-69-52(65)43-46-53(66)71-47(33-12-7-4-8-13-33)45(31-10-5-3-6-11-31)60(46)48(55(43)39-29-35(56)19-24-40(39)57-54(55)67)34-17-22-37(23-18-34)68-27-28-70-51(64)38-30-42-49(62)58-25-9-14-41(58)50(63)59(42)44(38)32-15-20-36(61)21-16-32/h2-8,10-13,15-24,29,38,41-48,61H,1,9,14,25-28,30H2,(H,57,67)/t38-,41-,42-,43-,44-,45-,46-,47+,48+,55-/m0/s1. The lowest BCUT2D eigenvalue weighted by Gasteiger charge is -2.46. The smallest absolute Gasteiger partial charge is 0.325 e. The van der Waals surface area contributed by atoms with E-state index in [1.807, 2.05) is 89.8 Å². The van der Waals surface area contributed by atoms with Crippen molar-refractivity contribution in [3.8, 4) is 11.5 Å². The molecular weight excluding hydrogens is 1020 g/mol. The Kier molecular flexibility index (Phi) is 12.1. The molecule has 5 aromatic rings. The number of benzene rings is 5. The first-order valence-corrected chi connectivity index (χ1v) is 24.9. The van der Waals surface area contributed by atoms with Crippen LogP contribution in [0.25, 0.3) is 0 Å². The van der Waals surface area contributed by atoms with Crippen molar-refractivity contribution in [3.63, 3.8) is 0 Å². The monoisotopic (exact) mass is 1070 g/mol. The SMILES string of the molecule is C=CCOC(=O)[C@@H]1[C@H]2C(=O)O[C@H](c3ccccc3)[C@H](c3ccccc3)N2[C@H](c2ccc(OCCOC(=O)[C@H]3C[C@H]4C(=O)N5CCC[C@H]5C(=O)N4[C@H]3c3ccc(O)cc3)cc2)[C@@]12C(=O)Nc1ccc(I)cc12. The van der Waals surface area contributed by atoms with Gasteiger partial charge in [0.05, 0.1) is 24.0 Å². The molecule has 0 aromatic heterocycles. The Hall–Kier alpha value is -7.05. The summed E-state index contributed by atoms with van der Waals surface area (Å²) >= 11 is 2.18. The molecule has 5 saturated heterocycles. The van der Waals surface area contributed by atoms with Crippen molar-refractivity contribution < 1.29 is 52.8 Å². The van der Waals surface area contributed by atoms with Gasteiger partial charge in [0.1, 0.15) is 66.9 Å². The van der Waals surface area contributed by atoms with Crippen molar-refractivity contribution in [2.24, 2.45) is 11.8 Å². The second-order valence-corrected chi connectivity index (χ2v) is 20.0. The number of aromatic hydroxyl groups is 1. The zero-order valence-corrected chi connectivity index (χ0v) is 40.5. The molecule has 0 saturated carbocycles. The Balaban J connectivity index is 0.911. The van der Waals surface area contributed by atoms with E-state index in [0.717, 1.165) is 21.1 Å². The van der Waals surface area contributed by atoms with Crippen LogP contribution < -0.4 is 10.1 Å². The number of anilines is 1. The third-order valence-electron chi connectivity index (χ3n) is 15.1. The molecule has 1 spiro atoms. The summed E-state index contributed by atoms with van der Waals surface area (Å²) in [5.41, 5.74) is 2.12. The highest BCUT2D eigenvalue weighted by Gasteiger charge is 2.74. The number of phenolic OH excluding ortho intramolecular Hbond substituents is 1. The number of hydrogen-bond donors (Lipinski definition) is 2. The highest BCUT2D eigenvalue weighted by atomic mass is 127. The van der Waals surface area contributed by atoms with Crippen LogP contribution >= 0.6 is 22.6 Å². The first-order valence-electron chi connectivity index (χ1n) is 23.8. The quantitative estimate of drug-likeness (QED) is 0.0436. The summed E-state index contributed by atoms with van der Waals surface area (Å²) in [6.45, 7) is 3.91. The molecule has 0 radical (unpaired) electrons. The Morgan fingerprint density at radius 3 is 2.18 bits per heavy atom. The summed E-state index contributed by atoms with van der Waals surface area (Å²) in [5, 5.41) is 13.1. The van der Waals surface area contributed by atoms with E-state index in [4.69, 9.17) is 18.9 Å². The number of hydrogen-bond acceptors (Lipinski definition) is 12. The lowest BCUT2D eigenvalue weighted by molar-refractivity contribution is -0.180. The summed E-state index contributed by atoms with van der Waals surface area (Å²) in [5.74, 6) is -4.57. The van der Waals surface area contributed by atoms with Gasteiger partial charge in [-0.05, 0) is 112 Å². The predicted molar refractivity (Wildman–Crippen MR) is 264 cm³/mol. The molecule has 15 nitrogen and oxygen atoms in total. The number of phenols is 1. The molecule has 0 unspecified atom stereocenters. The molecule has 362 valence electrons. The molecule has 0 aliphatic carbocycles. The summed E-state index contributed by atoms with van der Waals surface area (Å²) in [7, 11) is 0. The van der Waals surface area contributed by atoms with Crippen molar-refractivity contribution in [2.45, 2.75) is 67.0 Å². The molecule has 11 rings (SSSR count). The molecular formula is C55H49IN4O11. The average Bonchev–Trinajstić information content (AvgIpc) is 4.18. The topological polar surface area (TPSA) is 181 Å². The second-order valence-electron chi connectivity index (χ2n) is 18.7. The van der Waals surface area contributed by atoms with E-state index in [0.29, 0.717) is 41.1 Å². The van der Waals surface area contributed by atoms with Crippen LogP contribution in [0.15, 0.2) is 140 Å². The number of piperazine rings is 1. The van der Waals surface area contributed by atoms with Gasteiger partial charge in [-0.25, -0.2) is 0 Å². The van der Waals surface area contributed by atoms with E-state index in [2.05, 4.69) is 34.5 Å². The summed E-state index contributed by atoms with van der Waals surface area (Å²) in [4.78, 5) is 91.6. The molecule has 2 N–H and O–H groups in total. The normalized spacial score (nSPS) is 28.4. The van der Waals surface area contributed by atoms with Crippen LogP contribution in [0.2, 0.25) is 0 Å². The Labute approximate surface area is 422 Å². The number of halogens is 1. The fraction of sp³-hybridized carbons (Fsp3) is 0.309.